The van der Waals surface area contributed by atoms with Crippen molar-refractivity contribution in [3.05, 3.63) is 0 Å². The van der Waals surface area contributed by atoms with Crippen LogP contribution < -0.4 is 5.32 Å². The van der Waals surface area contributed by atoms with Gasteiger partial charge in [0.2, 0.25) is 5.91 Å². The first-order valence-electron chi connectivity index (χ1n) is 4.72. The molecule has 0 aliphatic carbocycles. The lowest BCUT2D eigenvalue weighted by molar-refractivity contribution is -0.138. The topological polar surface area (TPSA) is 32.3 Å². The van der Waals surface area contributed by atoms with Crippen LogP contribution in [-0.2, 0) is 4.79 Å². The van der Waals surface area contributed by atoms with Gasteiger partial charge in [0.1, 0.15) is 0 Å². The Hall–Kier alpha value is -0.570. The summed E-state index contributed by atoms with van der Waals surface area (Å²) in [5.41, 5.74) is 0. The van der Waals surface area contributed by atoms with Gasteiger partial charge in [0.05, 0.1) is 5.92 Å². The van der Waals surface area contributed by atoms with Crippen molar-refractivity contribution in [2.45, 2.75) is 32.4 Å². The number of nitrogens with one attached hydrogen (secondary N) is 1. The van der Waals surface area contributed by atoms with Crippen LogP contribution in [0, 0.1) is 5.92 Å². The van der Waals surface area contributed by atoms with E-state index in [1.54, 1.807) is 0 Å². The summed E-state index contributed by atoms with van der Waals surface area (Å²) >= 11 is 0. The zero-order valence-electron chi connectivity index (χ0n) is 7.71. The second-order valence-corrected chi connectivity index (χ2v) is 4.12. The van der Waals surface area contributed by atoms with Crippen molar-refractivity contribution in [2.75, 3.05) is 13.1 Å². The van der Waals surface area contributed by atoms with Gasteiger partial charge in [0, 0.05) is 25.2 Å². The number of hydrogen-bond donors (Lipinski definition) is 1. The minimum absolute atomic E-state index is 0.270. The van der Waals surface area contributed by atoms with Crippen LogP contribution in [0.4, 0.5) is 0 Å². The summed E-state index contributed by atoms with van der Waals surface area (Å²) in [5, 5.41) is 3.37. The number of carbonyl (C=O) groups excluding carboxylic acids is 1. The largest absolute Gasteiger partial charge is 0.338 e. The van der Waals surface area contributed by atoms with E-state index in [4.69, 9.17) is 0 Å². The minimum Gasteiger partial charge on any atom is -0.338 e. The molecule has 1 amide bonds. The lowest BCUT2D eigenvalue weighted by Gasteiger charge is -2.34. The van der Waals surface area contributed by atoms with Crippen LogP contribution in [0.1, 0.15) is 20.3 Å². The zero-order valence-corrected chi connectivity index (χ0v) is 7.71. The first-order chi connectivity index (χ1) is 5.68. The van der Waals surface area contributed by atoms with Crippen molar-refractivity contribution in [3.8, 4) is 0 Å². The maximum absolute atomic E-state index is 11.7. The van der Waals surface area contributed by atoms with Crippen molar-refractivity contribution < 1.29 is 4.79 Å². The zero-order chi connectivity index (χ0) is 8.72. The highest BCUT2D eigenvalue weighted by atomic mass is 16.2. The number of carbonyl (C=O) groups is 1. The van der Waals surface area contributed by atoms with Crippen molar-refractivity contribution in [1.82, 2.24) is 10.2 Å². The lowest BCUT2D eigenvalue weighted by atomic mass is 9.98. The summed E-state index contributed by atoms with van der Waals surface area (Å²) in [6, 6.07) is 0.929. The lowest BCUT2D eigenvalue weighted by Crippen LogP contribution is -2.48. The first kappa shape index (κ1) is 8.05. The summed E-state index contributed by atoms with van der Waals surface area (Å²) in [7, 11) is 0. The van der Waals surface area contributed by atoms with E-state index < -0.39 is 0 Å². The van der Waals surface area contributed by atoms with E-state index >= 15 is 0 Å². The van der Waals surface area contributed by atoms with Crippen LogP contribution in [0.25, 0.3) is 0 Å². The van der Waals surface area contributed by atoms with Crippen LogP contribution >= 0.6 is 0 Å². The van der Waals surface area contributed by atoms with Gasteiger partial charge in [0.15, 0.2) is 0 Å². The van der Waals surface area contributed by atoms with Crippen LogP contribution in [0.5, 0.6) is 0 Å². The Morgan fingerprint density at radius 3 is 3.00 bits per heavy atom. The molecule has 0 radical (unpaired) electrons. The molecule has 2 saturated heterocycles. The molecule has 2 atom stereocenters. The van der Waals surface area contributed by atoms with E-state index in [0.29, 0.717) is 18.0 Å². The molecule has 0 aromatic rings. The molecule has 0 spiro atoms. The van der Waals surface area contributed by atoms with Crippen LogP contribution in [-0.4, -0.2) is 36.0 Å². The molecule has 2 aliphatic heterocycles. The second kappa shape index (κ2) is 2.73. The summed E-state index contributed by atoms with van der Waals surface area (Å²) in [5.74, 6) is 0.623. The molecule has 1 N–H and O–H groups in total. The third-order valence-electron chi connectivity index (χ3n) is 2.89. The third-order valence-corrected chi connectivity index (χ3v) is 2.89. The van der Waals surface area contributed by atoms with Crippen molar-refractivity contribution in [1.29, 1.82) is 0 Å². The Kier molecular flexibility index (Phi) is 1.83. The SMILES string of the molecule is CC(C)N1CC2CC(CN2)C1=O. The van der Waals surface area contributed by atoms with Gasteiger partial charge >= 0.3 is 0 Å². The van der Waals surface area contributed by atoms with Gasteiger partial charge in [-0.3, -0.25) is 4.79 Å². The Morgan fingerprint density at radius 2 is 2.33 bits per heavy atom. The highest BCUT2D eigenvalue weighted by molar-refractivity contribution is 5.81. The molecule has 3 nitrogen and oxygen atoms in total. The number of nitrogens with zero attached hydrogens (tertiary/aromatic N) is 1. The van der Waals surface area contributed by atoms with E-state index in [9.17, 15) is 4.79 Å². The van der Waals surface area contributed by atoms with E-state index in [1.807, 2.05) is 4.90 Å². The van der Waals surface area contributed by atoms with Gasteiger partial charge in [-0.15, -0.1) is 0 Å². The fourth-order valence-corrected chi connectivity index (χ4v) is 2.17. The molecule has 2 heterocycles. The summed E-state index contributed by atoms with van der Waals surface area (Å²) in [6.07, 6.45) is 1.06. The average Bonchev–Trinajstić information content (AvgIpc) is 2.41. The van der Waals surface area contributed by atoms with Gasteiger partial charge < -0.3 is 10.2 Å². The predicted octanol–water partition coefficient (Wildman–Crippen LogP) is 0.215. The third kappa shape index (κ3) is 1.12. The summed E-state index contributed by atoms with van der Waals surface area (Å²) in [6.45, 7) is 5.98. The fraction of sp³-hybridized carbons (Fsp3) is 0.889. The van der Waals surface area contributed by atoms with Gasteiger partial charge in [-0.2, -0.15) is 0 Å². The molecule has 3 heteroatoms. The van der Waals surface area contributed by atoms with Gasteiger partial charge in [-0.25, -0.2) is 0 Å². The molecule has 2 rings (SSSR count). The number of hydrogen-bond acceptors (Lipinski definition) is 2. The molecule has 2 unspecified atom stereocenters. The van der Waals surface area contributed by atoms with E-state index in [1.165, 1.54) is 0 Å². The number of piperidine rings is 1. The predicted molar refractivity (Wildman–Crippen MR) is 46.7 cm³/mol. The van der Waals surface area contributed by atoms with Crippen LogP contribution in [0.15, 0.2) is 0 Å². The average molecular weight is 168 g/mol. The monoisotopic (exact) mass is 168 g/mol. The highest BCUT2D eigenvalue weighted by Gasteiger charge is 2.39. The maximum atomic E-state index is 11.7. The number of likely N-dealkylation sites (tertiary alicyclic amines) is 1. The molecule has 2 fully saturated rings. The normalized spacial score (nSPS) is 34.9. The molecule has 0 saturated carbocycles. The molecular weight excluding hydrogens is 152 g/mol. The number of fused-ring (bicyclic) bond motifs is 2. The molecule has 2 aliphatic rings. The molecule has 0 aromatic carbocycles. The van der Waals surface area contributed by atoms with E-state index in [-0.39, 0.29) is 5.92 Å². The van der Waals surface area contributed by atoms with E-state index in [0.717, 1.165) is 19.5 Å². The first-order valence-corrected chi connectivity index (χ1v) is 4.72. The summed E-state index contributed by atoms with van der Waals surface area (Å²) < 4.78 is 0. The van der Waals surface area contributed by atoms with Crippen LogP contribution in [0.3, 0.4) is 0 Å². The van der Waals surface area contributed by atoms with Crippen molar-refractivity contribution >= 4 is 5.91 Å². The number of rotatable bonds is 1. The smallest absolute Gasteiger partial charge is 0.227 e. The van der Waals surface area contributed by atoms with Crippen molar-refractivity contribution in [3.63, 3.8) is 0 Å². The number of amides is 1. The molecule has 68 valence electrons. The Morgan fingerprint density at radius 1 is 1.58 bits per heavy atom. The quantitative estimate of drug-likeness (QED) is 0.607. The molecule has 12 heavy (non-hydrogen) atoms. The Bertz CT molecular complexity index is 203. The molecule has 0 aromatic heterocycles. The Labute approximate surface area is 73.1 Å². The fourth-order valence-electron chi connectivity index (χ4n) is 2.17. The van der Waals surface area contributed by atoms with Crippen LogP contribution in [0.2, 0.25) is 0 Å². The van der Waals surface area contributed by atoms with Gasteiger partial charge in [-0.05, 0) is 20.3 Å². The summed E-state index contributed by atoms with van der Waals surface area (Å²) in [4.78, 5) is 13.7. The van der Waals surface area contributed by atoms with Crippen molar-refractivity contribution in [2.24, 2.45) is 5.92 Å². The Balaban J connectivity index is 2.13. The maximum Gasteiger partial charge on any atom is 0.227 e. The minimum atomic E-state index is 0.270. The molecule has 2 bridgehead atoms. The standard InChI is InChI=1S/C9H16N2O/c1-6(2)11-5-8-3-7(4-10-8)9(11)12/h6-8,10H,3-5H2,1-2H3. The second-order valence-electron chi connectivity index (χ2n) is 4.12. The van der Waals surface area contributed by atoms with Gasteiger partial charge in [-0.1, -0.05) is 0 Å². The molecular formula is C9H16N2O. The van der Waals surface area contributed by atoms with E-state index in [2.05, 4.69) is 19.2 Å². The highest BCUT2D eigenvalue weighted by Crippen LogP contribution is 2.24. The van der Waals surface area contributed by atoms with Gasteiger partial charge in [0.25, 0.3) is 0 Å².